The van der Waals surface area contributed by atoms with Gasteiger partial charge in [-0.15, -0.1) is 0 Å². The van der Waals surface area contributed by atoms with Gasteiger partial charge in [0.2, 0.25) is 5.78 Å². The first kappa shape index (κ1) is 10.9. The third-order valence-corrected chi connectivity index (χ3v) is 3.59. The summed E-state index contributed by atoms with van der Waals surface area (Å²) in [7, 11) is 0. The van der Waals surface area contributed by atoms with Crippen LogP contribution in [0.4, 0.5) is 5.69 Å². The van der Waals surface area contributed by atoms with Crippen LogP contribution in [0.5, 0.6) is 0 Å². The number of benzene rings is 1. The van der Waals surface area contributed by atoms with Crippen molar-refractivity contribution in [3.05, 3.63) is 59.0 Å². The Bertz CT molecular complexity index is 909. The lowest BCUT2D eigenvalue weighted by molar-refractivity contribution is 0.0977. The van der Waals surface area contributed by atoms with E-state index in [1.165, 1.54) is 12.4 Å². The Balaban J connectivity index is 2.12. The van der Waals surface area contributed by atoms with Crippen LogP contribution in [0.3, 0.4) is 0 Å². The molecule has 4 rings (SSSR count). The van der Waals surface area contributed by atoms with Crippen molar-refractivity contribution >= 4 is 28.2 Å². The molecule has 0 saturated carbocycles. The largest absolute Gasteiger partial charge is 0.399 e. The second-order valence-electron chi connectivity index (χ2n) is 4.76. The molecule has 5 heteroatoms. The average molecular weight is 263 g/mol. The normalized spacial score (nSPS) is 13.4. The van der Waals surface area contributed by atoms with Crippen molar-refractivity contribution in [2.75, 3.05) is 5.73 Å². The smallest absolute Gasteiger partial charge is 0.210 e. The summed E-state index contributed by atoms with van der Waals surface area (Å²) in [5.74, 6) is -0.383. The summed E-state index contributed by atoms with van der Waals surface area (Å²) in [5.41, 5.74) is 8.49. The number of nitrogens with two attached hydrogens (primary N) is 1. The molecule has 0 radical (unpaired) electrons. The second-order valence-corrected chi connectivity index (χ2v) is 4.76. The molecule has 0 unspecified atom stereocenters. The first-order valence-electron chi connectivity index (χ1n) is 6.11. The van der Waals surface area contributed by atoms with Gasteiger partial charge in [0, 0.05) is 34.5 Å². The number of anilines is 1. The van der Waals surface area contributed by atoms with E-state index in [0.717, 1.165) is 5.52 Å². The Morgan fingerprint density at radius 1 is 1.05 bits per heavy atom. The number of nitrogen functional groups attached to an aromatic ring is 1. The first-order valence-corrected chi connectivity index (χ1v) is 6.11. The Morgan fingerprint density at radius 3 is 2.75 bits per heavy atom. The summed E-state index contributed by atoms with van der Waals surface area (Å²) in [6, 6.07) is 6.77. The van der Waals surface area contributed by atoms with Crippen LogP contribution in [0, 0.1) is 0 Å². The zero-order chi connectivity index (χ0) is 13.9. The molecule has 3 N–H and O–H groups in total. The van der Waals surface area contributed by atoms with Crippen LogP contribution in [0.2, 0.25) is 0 Å². The lowest BCUT2D eigenvalue weighted by Gasteiger charge is -2.13. The molecule has 1 aromatic carbocycles. The van der Waals surface area contributed by atoms with Crippen LogP contribution in [-0.2, 0) is 0 Å². The fourth-order valence-electron chi connectivity index (χ4n) is 2.66. The Hall–Kier alpha value is -2.95. The number of carbonyl (C=O) groups is 2. The Morgan fingerprint density at radius 2 is 1.90 bits per heavy atom. The summed E-state index contributed by atoms with van der Waals surface area (Å²) < 4.78 is 0. The number of fused-ring (bicyclic) bond motifs is 4. The van der Waals surface area contributed by atoms with Gasteiger partial charge in [0.05, 0.1) is 16.8 Å². The maximum Gasteiger partial charge on any atom is 0.210 e. The van der Waals surface area contributed by atoms with Crippen molar-refractivity contribution in [1.82, 2.24) is 9.97 Å². The molecule has 0 bridgehead atoms. The SMILES string of the molecule is Nc1ccc2[nH]c3c(c2c1)C(=O)c1cnccc1C3=O. The molecular weight excluding hydrogens is 254 g/mol. The number of aromatic amines is 1. The van der Waals surface area contributed by atoms with E-state index >= 15 is 0 Å². The Kier molecular flexibility index (Phi) is 1.93. The average Bonchev–Trinajstić information content (AvgIpc) is 2.84. The van der Waals surface area contributed by atoms with Gasteiger partial charge >= 0.3 is 0 Å². The summed E-state index contributed by atoms with van der Waals surface area (Å²) in [6.07, 6.45) is 2.94. The zero-order valence-electron chi connectivity index (χ0n) is 10.3. The quantitative estimate of drug-likeness (QED) is 0.474. The monoisotopic (exact) mass is 263 g/mol. The second kappa shape index (κ2) is 3.54. The molecular formula is C15H9N3O2. The minimum absolute atomic E-state index is 0.188. The topological polar surface area (TPSA) is 88.8 Å². The predicted octanol–water partition coefficient (Wildman–Crippen LogP) is 1.92. The number of aromatic nitrogens is 2. The van der Waals surface area contributed by atoms with Gasteiger partial charge in [0.15, 0.2) is 5.78 Å². The van der Waals surface area contributed by atoms with Crippen LogP contribution in [0.25, 0.3) is 10.9 Å². The Labute approximate surface area is 113 Å². The van der Waals surface area contributed by atoms with Gasteiger partial charge in [-0.1, -0.05) is 0 Å². The predicted molar refractivity (Wildman–Crippen MR) is 73.8 cm³/mol. The number of H-pyrrole nitrogens is 1. The number of rotatable bonds is 0. The van der Waals surface area contributed by atoms with E-state index in [0.29, 0.717) is 33.5 Å². The standard InChI is InChI=1S/C15H9N3O2/c16-7-1-2-11-9(5-7)12-13(18-11)15(20)8-3-4-17-6-10(8)14(12)19/h1-6,18H,16H2. The van der Waals surface area contributed by atoms with E-state index in [2.05, 4.69) is 9.97 Å². The van der Waals surface area contributed by atoms with Crippen LogP contribution in [0.15, 0.2) is 36.7 Å². The van der Waals surface area contributed by atoms with E-state index in [1.807, 2.05) is 0 Å². The summed E-state index contributed by atoms with van der Waals surface area (Å²) in [5, 5.41) is 0.674. The maximum absolute atomic E-state index is 12.6. The highest BCUT2D eigenvalue weighted by molar-refractivity contribution is 6.32. The lowest BCUT2D eigenvalue weighted by Crippen LogP contribution is -2.20. The summed E-state index contributed by atoms with van der Waals surface area (Å²) in [4.78, 5) is 32.0. The first-order chi connectivity index (χ1) is 9.66. The lowest BCUT2D eigenvalue weighted by atomic mass is 9.88. The molecule has 0 saturated heterocycles. The van der Waals surface area contributed by atoms with Crippen LogP contribution < -0.4 is 5.73 Å². The van der Waals surface area contributed by atoms with E-state index in [9.17, 15) is 9.59 Å². The van der Waals surface area contributed by atoms with E-state index in [-0.39, 0.29) is 11.6 Å². The molecule has 1 aliphatic rings. The fraction of sp³-hybridized carbons (Fsp3) is 0. The minimum atomic E-state index is -0.195. The molecule has 1 aliphatic carbocycles. The summed E-state index contributed by atoms with van der Waals surface area (Å²) >= 11 is 0. The molecule has 0 aliphatic heterocycles. The molecule has 0 atom stereocenters. The number of pyridine rings is 1. The van der Waals surface area contributed by atoms with Gasteiger partial charge in [-0.3, -0.25) is 14.6 Å². The van der Waals surface area contributed by atoms with Gasteiger partial charge in [0.25, 0.3) is 0 Å². The number of carbonyl (C=O) groups excluding carboxylic acids is 2. The minimum Gasteiger partial charge on any atom is -0.399 e. The molecule has 3 aromatic rings. The van der Waals surface area contributed by atoms with Crippen molar-refractivity contribution < 1.29 is 9.59 Å². The van der Waals surface area contributed by atoms with Crippen LogP contribution in [0.1, 0.15) is 32.0 Å². The highest BCUT2D eigenvalue weighted by atomic mass is 16.1. The third-order valence-electron chi connectivity index (χ3n) is 3.59. The van der Waals surface area contributed by atoms with Crippen molar-refractivity contribution in [3.8, 4) is 0 Å². The number of nitrogens with zero attached hydrogens (tertiary/aromatic N) is 1. The maximum atomic E-state index is 12.6. The van der Waals surface area contributed by atoms with Crippen molar-refractivity contribution in [2.45, 2.75) is 0 Å². The van der Waals surface area contributed by atoms with Gasteiger partial charge in [-0.05, 0) is 24.3 Å². The van der Waals surface area contributed by atoms with Crippen LogP contribution in [-0.4, -0.2) is 21.5 Å². The highest BCUT2D eigenvalue weighted by Crippen LogP contribution is 2.32. The number of hydrogen-bond donors (Lipinski definition) is 2. The van der Waals surface area contributed by atoms with E-state index < -0.39 is 0 Å². The molecule has 2 aromatic heterocycles. The molecule has 0 spiro atoms. The van der Waals surface area contributed by atoms with E-state index in [4.69, 9.17) is 5.73 Å². The molecule has 20 heavy (non-hydrogen) atoms. The van der Waals surface area contributed by atoms with Gasteiger partial charge < -0.3 is 10.7 Å². The molecule has 5 nitrogen and oxygen atoms in total. The number of hydrogen-bond acceptors (Lipinski definition) is 4. The van der Waals surface area contributed by atoms with Gasteiger partial charge in [0.1, 0.15) is 0 Å². The highest BCUT2D eigenvalue weighted by Gasteiger charge is 2.33. The summed E-state index contributed by atoms with van der Waals surface area (Å²) in [6.45, 7) is 0. The number of ketones is 2. The van der Waals surface area contributed by atoms with E-state index in [1.54, 1.807) is 24.3 Å². The van der Waals surface area contributed by atoms with Crippen molar-refractivity contribution in [3.63, 3.8) is 0 Å². The third kappa shape index (κ3) is 1.23. The zero-order valence-corrected chi connectivity index (χ0v) is 10.3. The fourth-order valence-corrected chi connectivity index (χ4v) is 2.66. The van der Waals surface area contributed by atoms with Gasteiger partial charge in [-0.2, -0.15) is 0 Å². The molecule has 0 fully saturated rings. The van der Waals surface area contributed by atoms with Crippen molar-refractivity contribution in [2.24, 2.45) is 0 Å². The number of nitrogens with one attached hydrogen (secondary N) is 1. The molecule has 96 valence electrons. The van der Waals surface area contributed by atoms with Crippen LogP contribution >= 0.6 is 0 Å². The molecule has 0 amide bonds. The van der Waals surface area contributed by atoms with Crippen molar-refractivity contribution in [1.29, 1.82) is 0 Å². The van der Waals surface area contributed by atoms with Gasteiger partial charge in [-0.25, -0.2) is 0 Å². The molecule has 2 heterocycles.